The van der Waals surface area contributed by atoms with Crippen LogP contribution in [0.1, 0.15) is 11.4 Å². The van der Waals surface area contributed by atoms with Crippen molar-refractivity contribution in [3.63, 3.8) is 0 Å². The lowest BCUT2D eigenvalue weighted by Gasteiger charge is -2.09. The summed E-state index contributed by atoms with van der Waals surface area (Å²) < 4.78 is 0. The number of anilines is 1. The van der Waals surface area contributed by atoms with Crippen LogP contribution < -0.4 is 5.32 Å². The lowest BCUT2D eigenvalue weighted by atomic mass is 10.2. The van der Waals surface area contributed by atoms with Gasteiger partial charge in [-0.05, 0) is 25.1 Å². The number of aromatic nitrogens is 3. The van der Waals surface area contributed by atoms with Crippen LogP contribution in [0.25, 0.3) is 10.9 Å². The first-order chi connectivity index (χ1) is 9.24. The average molecular weight is 254 g/mol. The molecule has 0 aliphatic carbocycles. The quantitative estimate of drug-likeness (QED) is 0.671. The van der Waals surface area contributed by atoms with Crippen LogP contribution in [0, 0.1) is 6.92 Å². The average Bonchev–Trinajstić information content (AvgIpc) is 2.88. The van der Waals surface area contributed by atoms with Crippen molar-refractivity contribution in [2.75, 3.05) is 5.32 Å². The molecule has 0 amide bonds. The topological polar surface area (TPSA) is 73.8 Å². The Balaban J connectivity index is 1.86. The minimum Gasteiger partial charge on any atom is -0.506 e. The van der Waals surface area contributed by atoms with Gasteiger partial charge in [-0.1, -0.05) is 12.1 Å². The standard InChI is InChI=1S/C14H14N4O/c1-9-5-6-13(19)12(17-9)8-15-11-4-2-3-10-7-16-18-14(10)11/h2-7,15,19H,8H2,1H3,(H,16,18). The Kier molecular flexibility index (Phi) is 2.79. The van der Waals surface area contributed by atoms with Gasteiger partial charge in [-0.3, -0.25) is 10.1 Å². The van der Waals surface area contributed by atoms with Crippen molar-refractivity contribution in [1.29, 1.82) is 0 Å². The summed E-state index contributed by atoms with van der Waals surface area (Å²) in [6.07, 6.45) is 1.78. The van der Waals surface area contributed by atoms with Gasteiger partial charge in [0, 0.05) is 11.1 Å². The maximum absolute atomic E-state index is 9.76. The van der Waals surface area contributed by atoms with Crippen LogP contribution in [0.5, 0.6) is 5.75 Å². The number of hydrogen-bond donors (Lipinski definition) is 3. The van der Waals surface area contributed by atoms with Gasteiger partial charge in [0.1, 0.15) is 11.4 Å². The highest BCUT2D eigenvalue weighted by Gasteiger charge is 2.05. The fraction of sp³-hybridized carbons (Fsp3) is 0.143. The van der Waals surface area contributed by atoms with Crippen LogP contribution in [-0.2, 0) is 6.54 Å². The van der Waals surface area contributed by atoms with Crippen LogP contribution in [0.4, 0.5) is 5.69 Å². The second-order valence-electron chi connectivity index (χ2n) is 4.41. The predicted molar refractivity (Wildman–Crippen MR) is 74.1 cm³/mol. The first-order valence-corrected chi connectivity index (χ1v) is 6.05. The van der Waals surface area contributed by atoms with E-state index in [1.807, 2.05) is 25.1 Å². The number of fused-ring (bicyclic) bond motifs is 1. The van der Waals surface area contributed by atoms with Crippen LogP contribution >= 0.6 is 0 Å². The van der Waals surface area contributed by atoms with Gasteiger partial charge in [-0.15, -0.1) is 0 Å². The summed E-state index contributed by atoms with van der Waals surface area (Å²) in [5.74, 6) is 0.204. The maximum Gasteiger partial charge on any atom is 0.138 e. The number of nitrogens with zero attached hydrogens (tertiary/aromatic N) is 2. The zero-order chi connectivity index (χ0) is 13.2. The van der Waals surface area contributed by atoms with Gasteiger partial charge in [-0.25, -0.2) is 0 Å². The summed E-state index contributed by atoms with van der Waals surface area (Å²) in [7, 11) is 0. The normalized spacial score (nSPS) is 10.8. The molecular formula is C14H14N4O. The predicted octanol–water partition coefficient (Wildman–Crippen LogP) is 2.58. The Hall–Kier alpha value is -2.56. The molecule has 0 bridgehead atoms. The first kappa shape index (κ1) is 11.5. The number of benzene rings is 1. The van der Waals surface area contributed by atoms with E-state index in [0.717, 1.165) is 22.3 Å². The van der Waals surface area contributed by atoms with Crippen molar-refractivity contribution in [3.05, 3.63) is 47.9 Å². The molecule has 3 N–H and O–H groups in total. The highest BCUT2D eigenvalue weighted by molar-refractivity contribution is 5.89. The van der Waals surface area contributed by atoms with Gasteiger partial charge in [0.05, 0.1) is 23.9 Å². The number of hydrogen-bond acceptors (Lipinski definition) is 4. The smallest absolute Gasteiger partial charge is 0.138 e. The maximum atomic E-state index is 9.76. The zero-order valence-electron chi connectivity index (χ0n) is 10.5. The number of aryl methyl sites for hydroxylation is 1. The van der Waals surface area contributed by atoms with E-state index in [2.05, 4.69) is 20.5 Å². The van der Waals surface area contributed by atoms with Crippen LogP contribution in [0.15, 0.2) is 36.5 Å². The number of rotatable bonds is 3. The molecule has 1 aromatic carbocycles. The minimum atomic E-state index is 0.204. The van der Waals surface area contributed by atoms with Crippen molar-refractivity contribution in [2.45, 2.75) is 13.5 Å². The van der Waals surface area contributed by atoms with Gasteiger partial charge in [0.2, 0.25) is 0 Å². The van der Waals surface area contributed by atoms with Crippen molar-refractivity contribution in [2.24, 2.45) is 0 Å². The summed E-state index contributed by atoms with van der Waals surface area (Å²) >= 11 is 0. The summed E-state index contributed by atoms with van der Waals surface area (Å²) in [4.78, 5) is 4.32. The second kappa shape index (κ2) is 4.61. The molecule has 3 rings (SSSR count). The fourth-order valence-corrected chi connectivity index (χ4v) is 2.03. The van der Waals surface area contributed by atoms with E-state index in [9.17, 15) is 5.11 Å². The largest absolute Gasteiger partial charge is 0.506 e. The van der Waals surface area contributed by atoms with Crippen molar-refractivity contribution in [3.8, 4) is 5.75 Å². The van der Waals surface area contributed by atoms with E-state index in [4.69, 9.17) is 0 Å². The van der Waals surface area contributed by atoms with E-state index < -0.39 is 0 Å². The van der Waals surface area contributed by atoms with E-state index in [1.54, 1.807) is 18.3 Å². The highest BCUT2D eigenvalue weighted by Crippen LogP contribution is 2.22. The molecule has 0 aliphatic rings. The molecule has 2 aromatic heterocycles. The molecule has 0 atom stereocenters. The molecule has 0 spiro atoms. The molecular weight excluding hydrogens is 240 g/mol. The number of pyridine rings is 1. The molecule has 0 saturated carbocycles. The molecule has 0 fully saturated rings. The summed E-state index contributed by atoms with van der Waals surface area (Å²) in [6.45, 7) is 2.37. The zero-order valence-corrected chi connectivity index (χ0v) is 10.5. The van der Waals surface area contributed by atoms with Gasteiger partial charge >= 0.3 is 0 Å². The van der Waals surface area contributed by atoms with Crippen LogP contribution in [0.3, 0.4) is 0 Å². The second-order valence-corrected chi connectivity index (χ2v) is 4.41. The van der Waals surface area contributed by atoms with Gasteiger partial charge < -0.3 is 10.4 Å². The van der Waals surface area contributed by atoms with E-state index in [0.29, 0.717) is 12.2 Å². The molecule has 5 nitrogen and oxygen atoms in total. The third-order valence-electron chi connectivity index (χ3n) is 3.01. The number of H-pyrrole nitrogens is 1. The molecule has 0 aliphatic heterocycles. The Labute approximate surface area is 110 Å². The van der Waals surface area contributed by atoms with Gasteiger partial charge in [0.15, 0.2) is 0 Å². The number of nitrogens with one attached hydrogen (secondary N) is 2. The lowest BCUT2D eigenvalue weighted by Crippen LogP contribution is -2.03. The summed E-state index contributed by atoms with van der Waals surface area (Å²) in [5.41, 5.74) is 3.42. The number of para-hydroxylation sites is 1. The van der Waals surface area contributed by atoms with Crippen LogP contribution in [-0.4, -0.2) is 20.3 Å². The molecule has 5 heteroatoms. The van der Waals surface area contributed by atoms with E-state index in [-0.39, 0.29) is 5.75 Å². The van der Waals surface area contributed by atoms with Crippen molar-refractivity contribution >= 4 is 16.6 Å². The molecule has 0 saturated heterocycles. The van der Waals surface area contributed by atoms with Crippen molar-refractivity contribution in [1.82, 2.24) is 15.2 Å². The molecule has 0 unspecified atom stereocenters. The van der Waals surface area contributed by atoms with Crippen molar-refractivity contribution < 1.29 is 5.11 Å². The van der Waals surface area contributed by atoms with Gasteiger partial charge in [-0.2, -0.15) is 5.10 Å². The Morgan fingerprint density at radius 3 is 3.05 bits per heavy atom. The van der Waals surface area contributed by atoms with E-state index in [1.165, 1.54) is 0 Å². The SMILES string of the molecule is Cc1ccc(O)c(CNc2cccc3cn[nH]c23)n1. The lowest BCUT2D eigenvalue weighted by molar-refractivity contribution is 0.464. The summed E-state index contributed by atoms with van der Waals surface area (Å²) in [6, 6.07) is 9.37. The summed E-state index contributed by atoms with van der Waals surface area (Å²) in [5, 5.41) is 21.0. The Morgan fingerprint density at radius 2 is 2.16 bits per heavy atom. The Morgan fingerprint density at radius 1 is 1.26 bits per heavy atom. The van der Waals surface area contributed by atoms with Crippen LogP contribution in [0.2, 0.25) is 0 Å². The number of aromatic amines is 1. The third-order valence-corrected chi connectivity index (χ3v) is 3.01. The van der Waals surface area contributed by atoms with Gasteiger partial charge in [0.25, 0.3) is 0 Å². The fourth-order valence-electron chi connectivity index (χ4n) is 2.03. The molecule has 2 heterocycles. The molecule has 96 valence electrons. The minimum absolute atomic E-state index is 0.204. The van der Waals surface area contributed by atoms with E-state index >= 15 is 0 Å². The third kappa shape index (κ3) is 2.22. The Bertz CT molecular complexity index is 720. The molecule has 3 aromatic rings. The highest BCUT2D eigenvalue weighted by atomic mass is 16.3. The molecule has 19 heavy (non-hydrogen) atoms. The number of aromatic hydroxyl groups is 1. The molecule has 0 radical (unpaired) electrons. The monoisotopic (exact) mass is 254 g/mol. The first-order valence-electron chi connectivity index (χ1n) is 6.05.